The first-order chi connectivity index (χ1) is 10.7. The van der Waals surface area contributed by atoms with Gasteiger partial charge in [-0.1, -0.05) is 30.1 Å². The molecule has 0 aliphatic heterocycles. The number of hydrogen-bond donors (Lipinski definition) is 0. The van der Waals surface area contributed by atoms with Crippen LogP contribution in [-0.4, -0.2) is 19.4 Å². The van der Waals surface area contributed by atoms with Crippen LogP contribution in [0, 0.1) is 23.7 Å². The first-order valence-electron chi connectivity index (χ1n) is 7.31. The van der Waals surface area contributed by atoms with Crippen molar-refractivity contribution in [2.75, 3.05) is 19.4 Å². The summed E-state index contributed by atoms with van der Waals surface area (Å²) in [7, 11) is -3.16. The van der Waals surface area contributed by atoms with E-state index in [2.05, 4.69) is 43.4 Å². The van der Waals surface area contributed by atoms with Gasteiger partial charge in [-0.2, -0.15) is 0 Å². The molecule has 0 aromatic heterocycles. The molecule has 0 aliphatic carbocycles. The molecule has 3 nitrogen and oxygen atoms in total. The van der Waals surface area contributed by atoms with Gasteiger partial charge in [0, 0.05) is 12.8 Å². The van der Waals surface area contributed by atoms with Gasteiger partial charge in [-0.15, -0.1) is 31.6 Å². The van der Waals surface area contributed by atoms with Crippen molar-refractivity contribution in [2.24, 2.45) is 0 Å². The Hall–Kier alpha value is -1.51. The maximum absolute atomic E-state index is 12.5. The summed E-state index contributed by atoms with van der Waals surface area (Å²) >= 11 is 0. The Labute approximate surface area is 135 Å². The molecule has 0 N–H and O–H groups in total. The quantitative estimate of drug-likeness (QED) is 0.239. The van der Waals surface area contributed by atoms with E-state index in [1.807, 2.05) is 0 Å². The molecule has 0 atom stereocenters. The normalized spacial score (nSPS) is 9.82. The minimum atomic E-state index is -3.16. The Morgan fingerprint density at radius 1 is 0.773 bits per heavy atom. The Kier molecular flexibility index (Phi) is 13.4. The fourth-order valence-electron chi connectivity index (χ4n) is 1.30. The monoisotopic (exact) mass is 320 g/mol. The van der Waals surface area contributed by atoms with Gasteiger partial charge in [0.15, 0.2) is 0 Å². The van der Waals surface area contributed by atoms with Gasteiger partial charge in [-0.25, -0.2) is 0 Å². The van der Waals surface area contributed by atoms with Crippen molar-refractivity contribution in [3.05, 3.63) is 38.0 Å². The number of rotatable bonds is 11. The zero-order valence-corrected chi connectivity index (χ0v) is 14.1. The third-order valence-electron chi connectivity index (χ3n) is 2.47. The summed E-state index contributed by atoms with van der Waals surface area (Å²) in [6, 6.07) is 0. The molecule has 0 unspecified atom stereocenters. The summed E-state index contributed by atoms with van der Waals surface area (Å²) in [6.07, 6.45) is 9.25. The summed E-state index contributed by atoms with van der Waals surface area (Å²) in [5, 5.41) is 0. The molecule has 0 radical (unpaired) electrons. The van der Waals surface area contributed by atoms with Crippen LogP contribution in [0.25, 0.3) is 0 Å². The molecule has 120 valence electrons. The summed E-state index contributed by atoms with van der Waals surface area (Å²) in [5.41, 5.74) is 0. The second kappa shape index (κ2) is 14.4. The van der Waals surface area contributed by atoms with Crippen molar-refractivity contribution >= 4 is 7.60 Å². The SMILES string of the molecule is C=CCCC#CCOP(=O)(CCC=C)OCC#CCCC=C. The van der Waals surface area contributed by atoms with Gasteiger partial charge in [-0.3, -0.25) is 13.6 Å². The van der Waals surface area contributed by atoms with Gasteiger partial charge in [0.05, 0.1) is 6.16 Å². The molecule has 0 heterocycles. The molecule has 0 aromatic carbocycles. The summed E-state index contributed by atoms with van der Waals surface area (Å²) < 4.78 is 23.2. The van der Waals surface area contributed by atoms with Crippen molar-refractivity contribution in [1.29, 1.82) is 0 Å². The van der Waals surface area contributed by atoms with Crippen LogP contribution in [-0.2, 0) is 13.6 Å². The largest absolute Gasteiger partial charge is 0.332 e. The van der Waals surface area contributed by atoms with Crippen molar-refractivity contribution in [3.63, 3.8) is 0 Å². The predicted molar refractivity (Wildman–Crippen MR) is 93.6 cm³/mol. The minimum Gasteiger partial charge on any atom is -0.295 e. The molecule has 0 saturated heterocycles. The van der Waals surface area contributed by atoms with Crippen LogP contribution < -0.4 is 0 Å². The van der Waals surface area contributed by atoms with Crippen LogP contribution in [0.15, 0.2) is 38.0 Å². The van der Waals surface area contributed by atoms with E-state index in [-0.39, 0.29) is 13.2 Å². The first-order valence-corrected chi connectivity index (χ1v) is 9.03. The van der Waals surface area contributed by atoms with E-state index < -0.39 is 7.60 Å². The van der Waals surface area contributed by atoms with Crippen LogP contribution in [0.1, 0.15) is 32.1 Å². The topological polar surface area (TPSA) is 35.5 Å². The molecule has 0 bridgehead atoms. The van der Waals surface area contributed by atoms with E-state index in [0.717, 1.165) is 25.7 Å². The first kappa shape index (κ1) is 20.5. The van der Waals surface area contributed by atoms with E-state index >= 15 is 0 Å². The molecule has 0 aromatic rings. The molecule has 0 aliphatic rings. The second-order valence-corrected chi connectivity index (χ2v) is 6.51. The van der Waals surface area contributed by atoms with Crippen LogP contribution in [0.5, 0.6) is 0 Å². The van der Waals surface area contributed by atoms with Gasteiger partial charge in [0.1, 0.15) is 13.2 Å². The van der Waals surface area contributed by atoms with Crippen molar-refractivity contribution in [3.8, 4) is 23.7 Å². The highest BCUT2D eigenvalue weighted by molar-refractivity contribution is 7.53. The maximum atomic E-state index is 12.5. The smallest absolute Gasteiger partial charge is 0.295 e. The fourth-order valence-corrected chi connectivity index (χ4v) is 2.66. The highest BCUT2D eigenvalue weighted by Crippen LogP contribution is 2.48. The van der Waals surface area contributed by atoms with Gasteiger partial charge in [0.2, 0.25) is 0 Å². The van der Waals surface area contributed by atoms with Crippen LogP contribution in [0.2, 0.25) is 0 Å². The molecule has 4 heteroatoms. The molecule has 22 heavy (non-hydrogen) atoms. The minimum absolute atomic E-state index is 0.0927. The number of hydrogen-bond acceptors (Lipinski definition) is 3. The fraction of sp³-hybridized carbons (Fsp3) is 0.444. The van der Waals surface area contributed by atoms with E-state index in [1.54, 1.807) is 18.2 Å². The average molecular weight is 320 g/mol. The molecule has 0 spiro atoms. The molecule has 0 saturated carbocycles. The molecule has 0 rings (SSSR count). The van der Waals surface area contributed by atoms with E-state index in [1.165, 1.54) is 0 Å². The number of unbranched alkanes of at least 4 members (excludes halogenated alkanes) is 2. The molecule has 0 amide bonds. The summed E-state index contributed by atoms with van der Waals surface area (Å²) in [5.74, 6) is 11.5. The van der Waals surface area contributed by atoms with Gasteiger partial charge in [-0.05, 0) is 19.3 Å². The van der Waals surface area contributed by atoms with E-state index in [0.29, 0.717) is 12.6 Å². The Balaban J connectivity index is 4.30. The van der Waals surface area contributed by atoms with Crippen molar-refractivity contribution in [1.82, 2.24) is 0 Å². The predicted octanol–water partition coefficient (Wildman–Crippen LogP) is 4.73. The average Bonchev–Trinajstić information content (AvgIpc) is 2.52. The zero-order chi connectivity index (χ0) is 16.5. The standard InChI is InChI=1S/C18H25O3P/c1-4-7-10-12-14-16-20-22(19,18-9-6-3)21-17-15-13-11-8-5-2/h4-6H,1-3,7-11,16-18H2. The van der Waals surface area contributed by atoms with Crippen molar-refractivity contribution in [2.45, 2.75) is 32.1 Å². The molecular weight excluding hydrogens is 295 g/mol. The van der Waals surface area contributed by atoms with Crippen molar-refractivity contribution < 1.29 is 13.6 Å². The molecule has 0 fully saturated rings. The van der Waals surface area contributed by atoms with Crippen LogP contribution >= 0.6 is 7.60 Å². The lowest BCUT2D eigenvalue weighted by atomic mass is 10.3. The van der Waals surface area contributed by atoms with Crippen LogP contribution in [0.4, 0.5) is 0 Å². The third-order valence-corrected chi connectivity index (χ3v) is 4.32. The lowest BCUT2D eigenvalue weighted by molar-refractivity contribution is 0.242. The Morgan fingerprint density at radius 2 is 1.23 bits per heavy atom. The van der Waals surface area contributed by atoms with Gasteiger partial charge >= 0.3 is 7.60 Å². The molecular formula is C18H25O3P. The second-order valence-electron chi connectivity index (χ2n) is 4.32. The highest BCUT2D eigenvalue weighted by Gasteiger charge is 2.22. The lowest BCUT2D eigenvalue weighted by Gasteiger charge is -2.15. The lowest BCUT2D eigenvalue weighted by Crippen LogP contribution is -2.01. The highest BCUT2D eigenvalue weighted by atomic mass is 31.2. The third kappa shape index (κ3) is 12.2. The van der Waals surface area contributed by atoms with E-state index in [9.17, 15) is 4.57 Å². The summed E-state index contributed by atoms with van der Waals surface area (Å²) in [4.78, 5) is 0. The van der Waals surface area contributed by atoms with E-state index in [4.69, 9.17) is 9.05 Å². The van der Waals surface area contributed by atoms with Crippen LogP contribution in [0.3, 0.4) is 0 Å². The van der Waals surface area contributed by atoms with Gasteiger partial charge < -0.3 is 0 Å². The Morgan fingerprint density at radius 3 is 1.64 bits per heavy atom. The number of allylic oxidation sites excluding steroid dienone is 3. The van der Waals surface area contributed by atoms with Gasteiger partial charge in [0.25, 0.3) is 0 Å². The zero-order valence-electron chi connectivity index (χ0n) is 13.2. The summed E-state index contributed by atoms with van der Waals surface area (Å²) in [6.45, 7) is 11.0. The Bertz CT molecular complexity index is 462. The maximum Gasteiger partial charge on any atom is 0.332 e.